The van der Waals surface area contributed by atoms with Gasteiger partial charge < -0.3 is 9.47 Å². The van der Waals surface area contributed by atoms with Crippen molar-refractivity contribution in [3.8, 4) is 0 Å². The maximum absolute atomic E-state index is 12.1. The lowest BCUT2D eigenvalue weighted by molar-refractivity contribution is -0.172. The standard InChI is InChI=1S/C19H32O4/c1-22-17(20)19(18(21)23-2)13-11-16(12-14-19)10-6-9-15-7-4-3-5-8-15/h15-16H,3-14H2,1-2H3. The van der Waals surface area contributed by atoms with E-state index in [4.69, 9.17) is 9.47 Å². The van der Waals surface area contributed by atoms with Gasteiger partial charge in [0.1, 0.15) is 0 Å². The van der Waals surface area contributed by atoms with E-state index in [1.165, 1.54) is 65.6 Å². The van der Waals surface area contributed by atoms with Crippen LogP contribution in [0, 0.1) is 17.3 Å². The molecule has 4 nitrogen and oxygen atoms in total. The highest BCUT2D eigenvalue weighted by atomic mass is 16.5. The molecule has 0 aromatic rings. The summed E-state index contributed by atoms with van der Waals surface area (Å²) in [6.07, 6.45) is 13.9. The Morgan fingerprint density at radius 1 is 0.826 bits per heavy atom. The third-order valence-corrected chi connectivity index (χ3v) is 6.06. The van der Waals surface area contributed by atoms with Crippen LogP contribution in [0.15, 0.2) is 0 Å². The average molecular weight is 324 g/mol. The molecule has 0 N–H and O–H groups in total. The van der Waals surface area contributed by atoms with Crippen LogP contribution in [-0.4, -0.2) is 26.2 Å². The SMILES string of the molecule is COC(=O)C1(C(=O)OC)CCC(CCCC2CCCCC2)CC1. The average Bonchev–Trinajstić information content (AvgIpc) is 2.62. The number of carbonyl (C=O) groups is 2. The third-order valence-electron chi connectivity index (χ3n) is 6.06. The van der Waals surface area contributed by atoms with E-state index in [2.05, 4.69) is 0 Å². The predicted molar refractivity (Wildman–Crippen MR) is 88.8 cm³/mol. The van der Waals surface area contributed by atoms with E-state index < -0.39 is 17.4 Å². The van der Waals surface area contributed by atoms with E-state index in [1.54, 1.807) is 0 Å². The van der Waals surface area contributed by atoms with Crippen molar-refractivity contribution in [3.05, 3.63) is 0 Å². The minimum Gasteiger partial charge on any atom is -0.468 e. The smallest absolute Gasteiger partial charge is 0.323 e. The summed E-state index contributed by atoms with van der Waals surface area (Å²) < 4.78 is 9.74. The molecule has 0 bridgehead atoms. The molecule has 0 heterocycles. The topological polar surface area (TPSA) is 52.6 Å². The van der Waals surface area contributed by atoms with Gasteiger partial charge in [0.2, 0.25) is 0 Å². The molecule has 0 spiro atoms. The molecule has 0 aromatic carbocycles. The predicted octanol–water partition coefficient (Wildman–Crippen LogP) is 4.26. The number of ether oxygens (including phenoxy) is 2. The molecule has 2 aliphatic rings. The first kappa shape index (κ1) is 18.3. The van der Waals surface area contributed by atoms with Crippen molar-refractivity contribution in [2.75, 3.05) is 14.2 Å². The summed E-state index contributed by atoms with van der Waals surface area (Å²) in [5, 5.41) is 0. The van der Waals surface area contributed by atoms with Gasteiger partial charge in [-0.3, -0.25) is 9.59 Å². The zero-order chi connectivity index (χ0) is 16.7. The molecule has 2 fully saturated rings. The zero-order valence-electron chi connectivity index (χ0n) is 14.8. The zero-order valence-corrected chi connectivity index (χ0v) is 14.8. The second-order valence-corrected chi connectivity index (χ2v) is 7.44. The number of rotatable bonds is 6. The fraction of sp³-hybridized carbons (Fsp3) is 0.895. The first-order chi connectivity index (χ1) is 11.1. The lowest BCUT2D eigenvalue weighted by atomic mass is 9.69. The monoisotopic (exact) mass is 324 g/mol. The number of hydrogen-bond acceptors (Lipinski definition) is 4. The van der Waals surface area contributed by atoms with Gasteiger partial charge in [0.05, 0.1) is 14.2 Å². The van der Waals surface area contributed by atoms with E-state index in [-0.39, 0.29) is 0 Å². The highest BCUT2D eigenvalue weighted by Gasteiger charge is 2.50. The van der Waals surface area contributed by atoms with Crippen LogP contribution in [0.3, 0.4) is 0 Å². The molecule has 23 heavy (non-hydrogen) atoms. The van der Waals surface area contributed by atoms with Gasteiger partial charge in [-0.2, -0.15) is 0 Å². The molecule has 132 valence electrons. The van der Waals surface area contributed by atoms with Gasteiger partial charge in [0.15, 0.2) is 5.41 Å². The van der Waals surface area contributed by atoms with E-state index in [1.807, 2.05) is 0 Å². The molecule has 4 heteroatoms. The van der Waals surface area contributed by atoms with Crippen LogP contribution < -0.4 is 0 Å². The maximum atomic E-state index is 12.1. The quantitative estimate of drug-likeness (QED) is 0.541. The fourth-order valence-electron chi connectivity index (χ4n) is 4.51. The first-order valence-corrected chi connectivity index (χ1v) is 9.29. The van der Waals surface area contributed by atoms with Crippen molar-refractivity contribution < 1.29 is 19.1 Å². The normalized spacial score (nSPS) is 22.5. The van der Waals surface area contributed by atoms with Crippen LogP contribution in [0.2, 0.25) is 0 Å². The molecule has 0 saturated heterocycles. The summed E-state index contributed by atoms with van der Waals surface area (Å²) in [6.45, 7) is 0. The number of hydrogen-bond donors (Lipinski definition) is 0. The van der Waals surface area contributed by atoms with Crippen LogP contribution in [0.1, 0.15) is 77.0 Å². The van der Waals surface area contributed by atoms with E-state index >= 15 is 0 Å². The van der Waals surface area contributed by atoms with Crippen molar-refractivity contribution in [1.29, 1.82) is 0 Å². The lowest BCUT2D eigenvalue weighted by Crippen LogP contribution is -2.44. The van der Waals surface area contributed by atoms with Gasteiger partial charge >= 0.3 is 11.9 Å². The van der Waals surface area contributed by atoms with Gasteiger partial charge in [-0.25, -0.2) is 0 Å². The molecule has 2 rings (SSSR count). The van der Waals surface area contributed by atoms with Crippen molar-refractivity contribution in [2.24, 2.45) is 17.3 Å². The largest absolute Gasteiger partial charge is 0.468 e. The Labute approximate surface area is 140 Å². The summed E-state index contributed by atoms with van der Waals surface area (Å²) in [7, 11) is 2.70. The minimum absolute atomic E-state index is 0.426. The third kappa shape index (κ3) is 4.48. The summed E-state index contributed by atoms with van der Waals surface area (Å²) >= 11 is 0. The van der Waals surface area contributed by atoms with Gasteiger partial charge in [0, 0.05) is 0 Å². The van der Waals surface area contributed by atoms with Crippen LogP contribution in [0.4, 0.5) is 0 Å². The molecule has 0 atom stereocenters. The summed E-state index contributed by atoms with van der Waals surface area (Å²) in [5.41, 5.74) is -1.05. The Bertz CT molecular complexity index is 372. The second-order valence-electron chi connectivity index (χ2n) is 7.44. The van der Waals surface area contributed by atoms with Gasteiger partial charge in [0.25, 0.3) is 0 Å². The molecule has 0 unspecified atom stereocenters. The Morgan fingerprint density at radius 2 is 1.30 bits per heavy atom. The fourth-order valence-corrected chi connectivity index (χ4v) is 4.51. The van der Waals surface area contributed by atoms with Gasteiger partial charge in [-0.05, 0) is 37.5 Å². The summed E-state index contributed by atoms with van der Waals surface area (Å²) in [6, 6.07) is 0. The molecule has 0 radical (unpaired) electrons. The lowest BCUT2D eigenvalue weighted by Gasteiger charge is -2.35. The summed E-state index contributed by atoms with van der Waals surface area (Å²) in [5.74, 6) is 0.729. The Hall–Kier alpha value is -1.06. The van der Waals surface area contributed by atoms with E-state index in [9.17, 15) is 9.59 Å². The van der Waals surface area contributed by atoms with Gasteiger partial charge in [-0.1, -0.05) is 51.4 Å². The highest BCUT2D eigenvalue weighted by Crippen LogP contribution is 2.42. The molecule has 2 saturated carbocycles. The van der Waals surface area contributed by atoms with Crippen molar-refractivity contribution in [3.63, 3.8) is 0 Å². The second kappa shape index (κ2) is 8.70. The molecule has 0 aromatic heterocycles. The molecule has 2 aliphatic carbocycles. The van der Waals surface area contributed by atoms with Crippen molar-refractivity contribution >= 4 is 11.9 Å². The Balaban J connectivity index is 1.77. The van der Waals surface area contributed by atoms with E-state index in [0.29, 0.717) is 18.8 Å². The number of methoxy groups -OCH3 is 2. The van der Waals surface area contributed by atoms with E-state index in [0.717, 1.165) is 18.8 Å². The number of carbonyl (C=O) groups excluding carboxylic acids is 2. The van der Waals surface area contributed by atoms with Crippen molar-refractivity contribution in [1.82, 2.24) is 0 Å². The summed E-state index contributed by atoms with van der Waals surface area (Å²) in [4.78, 5) is 24.2. The molecule has 0 aliphatic heterocycles. The molecular formula is C19H32O4. The Kier molecular flexibility index (Phi) is 6.91. The van der Waals surface area contributed by atoms with Crippen LogP contribution >= 0.6 is 0 Å². The first-order valence-electron chi connectivity index (χ1n) is 9.29. The molecular weight excluding hydrogens is 292 g/mol. The van der Waals surface area contributed by atoms with Crippen molar-refractivity contribution in [2.45, 2.75) is 77.0 Å². The number of esters is 2. The van der Waals surface area contributed by atoms with Gasteiger partial charge in [-0.15, -0.1) is 0 Å². The van der Waals surface area contributed by atoms with Crippen LogP contribution in [0.25, 0.3) is 0 Å². The maximum Gasteiger partial charge on any atom is 0.323 e. The molecule has 0 amide bonds. The highest BCUT2D eigenvalue weighted by molar-refractivity contribution is 6.00. The van der Waals surface area contributed by atoms with Crippen LogP contribution in [0.5, 0.6) is 0 Å². The van der Waals surface area contributed by atoms with Crippen LogP contribution in [-0.2, 0) is 19.1 Å². The minimum atomic E-state index is -1.05. The Morgan fingerprint density at radius 3 is 1.78 bits per heavy atom.